The van der Waals surface area contributed by atoms with Crippen LogP contribution in [0.2, 0.25) is 0 Å². The van der Waals surface area contributed by atoms with Gasteiger partial charge in [0.05, 0.1) is 12.5 Å². The maximum Gasteiger partial charge on any atom is 0.230 e. The normalized spacial score (nSPS) is 12.6. The molecule has 1 aromatic rings. The van der Waals surface area contributed by atoms with Crippen molar-refractivity contribution in [2.75, 3.05) is 11.9 Å². The van der Waals surface area contributed by atoms with Crippen molar-refractivity contribution >= 4 is 27.5 Å². The molecular formula is C13H18BrNO2. The summed E-state index contributed by atoms with van der Waals surface area (Å²) in [6.45, 7) is 5.70. The molecule has 1 unspecified atom stereocenters. The first-order valence-electron chi connectivity index (χ1n) is 5.63. The summed E-state index contributed by atoms with van der Waals surface area (Å²) in [7, 11) is 0. The average Bonchev–Trinajstić information content (AvgIpc) is 2.24. The Hall–Kier alpha value is -0.870. The van der Waals surface area contributed by atoms with Gasteiger partial charge in [0.25, 0.3) is 0 Å². The highest BCUT2D eigenvalue weighted by Crippen LogP contribution is 2.21. The van der Waals surface area contributed by atoms with Gasteiger partial charge >= 0.3 is 0 Å². The molecule has 0 saturated heterocycles. The molecule has 0 aliphatic rings. The number of aryl methyl sites for hydroxylation is 1. The van der Waals surface area contributed by atoms with Crippen LogP contribution in [0.1, 0.15) is 19.4 Å². The molecule has 2 N–H and O–H groups in total. The predicted octanol–water partition coefficient (Wildman–Crippen LogP) is 2.96. The van der Waals surface area contributed by atoms with E-state index < -0.39 is 0 Å². The van der Waals surface area contributed by atoms with Crippen LogP contribution < -0.4 is 5.32 Å². The molecule has 4 heteroatoms. The first-order valence-corrected chi connectivity index (χ1v) is 6.43. The molecule has 1 atom stereocenters. The van der Waals surface area contributed by atoms with Gasteiger partial charge in [0, 0.05) is 10.2 Å². The lowest BCUT2D eigenvalue weighted by Gasteiger charge is -2.17. The van der Waals surface area contributed by atoms with Gasteiger partial charge < -0.3 is 10.4 Å². The number of benzene rings is 1. The molecule has 0 bridgehead atoms. The number of aliphatic hydroxyl groups is 1. The van der Waals surface area contributed by atoms with E-state index in [1.165, 1.54) is 0 Å². The highest BCUT2D eigenvalue weighted by molar-refractivity contribution is 9.10. The van der Waals surface area contributed by atoms with Crippen LogP contribution in [0.15, 0.2) is 22.7 Å². The van der Waals surface area contributed by atoms with E-state index in [0.29, 0.717) is 0 Å². The topological polar surface area (TPSA) is 49.3 Å². The zero-order valence-electron chi connectivity index (χ0n) is 10.3. The summed E-state index contributed by atoms with van der Waals surface area (Å²) in [5.74, 6) is -0.387. The number of hydrogen-bond acceptors (Lipinski definition) is 2. The molecular weight excluding hydrogens is 282 g/mol. The summed E-state index contributed by atoms with van der Waals surface area (Å²) in [5.41, 5.74) is 1.86. The van der Waals surface area contributed by atoms with Crippen molar-refractivity contribution in [2.45, 2.75) is 20.8 Å². The summed E-state index contributed by atoms with van der Waals surface area (Å²) in [6.07, 6.45) is 0. The van der Waals surface area contributed by atoms with Crippen molar-refractivity contribution in [3.8, 4) is 0 Å². The van der Waals surface area contributed by atoms with E-state index in [1.54, 1.807) is 0 Å². The van der Waals surface area contributed by atoms with Crippen molar-refractivity contribution in [2.24, 2.45) is 11.8 Å². The fourth-order valence-corrected chi connectivity index (χ4v) is 1.88. The smallest absolute Gasteiger partial charge is 0.230 e. The monoisotopic (exact) mass is 299 g/mol. The highest BCUT2D eigenvalue weighted by atomic mass is 79.9. The highest BCUT2D eigenvalue weighted by Gasteiger charge is 2.21. The second kappa shape index (κ2) is 6.17. The van der Waals surface area contributed by atoms with Crippen LogP contribution >= 0.6 is 15.9 Å². The largest absolute Gasteiger partial charge is 0.396 e. The minimum Gasteiger partial charge on any atom is -0.396 e. The Kier molecular flexibility index (Phi) is 5.15. The molecule has 0 spiro atoms. The lowest BCUT2D eigenvalue weighted by molar-refractivity contribution is -0.122. The van der Waals surface area contributed by atoms with Crippen LogP contribution in [0, 0.1) is 18.8 Å². The summed E-state index contributed by atoms with van der Waals surface area (Å²) in [5, 5.41) is 12.0. The van der Waals surface area contributed by atoms with Gasteiger partial charge in [-0.15, -0.1) is 0 Å². The van der Waals surface area contributed by atoms with Crippen LogP contribution in [0.4, 0.5) is 5.69 Å². The fourth-order valence-electron chi connectivity index (χ4n) is 1.50. The number of aliphatic hydroxyl groups excluding tert-OH is 1. The molecule has 1 amide bonds. The lowest BCUT2D eigenvalue weighted by Crippen LogP contribution is -2.29. The number of hydrogen-bond donors (Lipinski definition) is 2. The van der Waals surface area contributed by atoms with E-state index in [1.807, 2.05) is 39.0 Å². The minimum absolute atomic E-state index is 0.119. The van der Waals surface area contributed by atoms with E-state index in [-0.39, 0.29) is 24.3 Å². The van der Waals surface area contributed by atoms with Gasteiger partial charge in [-0.1, -0.05) is 35.8 Å². The van der Waals surface area contributed by atoms with Gasteiger partial charge in [-0.3, -0.25) is 4.79 Å². The molecule has 0 heterocycles. The number of amides is 1. The van der Waals surface area contributed by atoms with Gasteiger partial charge in [-0.2, -0.15) is 0 Å². The first-order chi connectivity index (χ1) is 7.95. The van der Waals surface area contributed by atoms with Crippen molar-refractivity contribution in [3.63, 3.8) is 0 Å². The Morgan fingerprint density at radius 1 is 1.47 bits per heavy atom. The third kappa shape index (κ3) is 3.82. The summed E-state index contributed by atoms with van der Waals surface area (Å²) >= 11 is 3.42. The van der Waals surface area contributed by atoms with Crippen molar-refractivity contribution in [1.82, 2.24) is 0 Å². The molecule has 0 aromatic heterocycles. The molecule has 94 valence electrons. The first kappa shape index (κ1) is 14.2. The van der Waals surface area contributed by atoms with Gasteiger partial charge in [-0.05, 0) is 30.5 Å². The second-order valence-corrected chi connectivity index (χ2v) is 5.34. The van der Waals surface area contributed by atoms with Gasteiger partial charge in [0.15, 0.2) is 0 Å². The molecule has 3 nitrogen and oxygen atoms in total. The third-order valence-electron chi connectivity index (χ3n) is 2.78. The van der Waals surface area contributed by atoms with Crippen LogP contribution in [0.25, 0.3) is 0 Å². The van der Waals surface area contributed by atoms with Gasteiger partial charge in [-0.25, -0.2) is 0 Å². The van der Waals surface area contributed by atoms with Crippen molar-refractivity contribution in [3.05, 3.63) is 28.2 Å². The zero-order chi connectivity index (χ0) is 13.0. The van der Waals surface area contributed by atoms with E-state index in [4.69, 9.17) is 0 Å². The van der Waals surface area contributed by atoms with E-state index in [9.17, 15) is 9.90 Å². The predicted molar refractivity (Wildman–Crippen MR) is 72.9 cm³/mol. The maximum absolute atomic E-state index is 11.9. The number of carbonyl (C=O) groups excluding carboxylic acids is 1. The molecule has 0 radical (unpaired) electrons. The SMILES string of the molecule is Cc1ccc(NC(=O)C(CO)C(C)C)cc1Br. The van der Waals surface area contributed by atoms with Crippen LogP contribution in [-0.4, -0.2) is 17.6 Å². The van der Waals surface area contributed by atoms with Gasteiger partial charge in [0.1, 0.15) is 0 Å². The molecule has 0 saturated carbocycles. The Balaban J connectivity index is 2.77. The Labute approximate surface area is 110 Å². The van der Waals surface area contributed by atoms with Crippen molar-refractivity contribution < 1.29 is 9.90 Å². The van der Waals surface area contributed by atoms with Crippen LogP contribution in [0.3, 0.4) is 0 Å². The van der Waals surface area contributed by atoms with Gasteiger partial charge in [0.2, 0.25) is 5.91 Å². The second-order valence-electron chi connectivity index (χ2n) is 4.49. The standard InChI is InChI=1S/C13H18BrNO2/c1-8(2)11(7-16)13(17)15-10-5-4-9(3)12(14)6-10/h4-6,8,11,16H,7H2,1-3H3,(H,15,17). The van der Waals surface area contributed by atoms with E-state index in [0.717, 1.165) is 15.7 Å². The van der Waals surface area contributed by atoms with Crippen molar-refractivity contribution in [1.29, 1.82) is 0 Å². The lowest BCUT2D eigenvalue weighted by atomic mass is 9.96. The zero-order valence-corrected chi connectivity index (χ0v) is 11.9. The number of nitrogens with one attached hydrogen (secondary N) is 1. The summed E-state index contributed by atoms with van der Waals surface area (Å²) in [6, 6.07) is 5.65. The van der Waals surface area contributed by atoms with E-state index >= 15 is 0 Å². The quantitative estimate of drug-likeness (QED) is 0.898. The Bertz CT molecular complexity index is 404. The molecule has 0 aliphatic carbocycles. The summed E-state index contributed by atoms with van der Waals surface area (Å²) < 4.78 is 0.959. The fraction of sp³-hybridized carbons (Fsp3) is 0.462. The Morgan fingerprint density at radius 2 is 2.12 bits per heavy atom. The molecule has 0 aliphatic heterocycles. The number of anilines is 1. The third-order valence-corrected chi connectivity index (χ3v) is 3.63. The molecule has 1 aromatic carbocycles. The minimum atomic E-state index is -0.366. The summed E-state index contributed by atoms with van der Waals surface area (Å²) in [4.78, 5) is 11.9. The number of carbonyl (C=O) groups is 1. The van der Waals surface area contributed by atoms with Crippen LogP contribution in [0.5, 0.6) is 0 Å². The van der Waals surface area contributed by atoms with E-state index in [2.05, 4.69) is 21.2 Å². The number of rotatable bonds is 4. The molecule has 1 rings (SSSR count). The molecule has 17 heavy (non-hydrogen) atoms. The average molecular weight is 300 g/mol. The van der Waals surface area contributed by atoms with Crippen LogP contribution in [-0.2, 0) is 4.79 Å². The number of halogens is 1. The Morgan fingerprint density at radius 3 is 2.59 bits per heavy atom. The maximum atomic E-state index is 11.9. The molecule has 0 fully saturated rings.